The minimum absolute atomic E-state index is 0.0573. The van der Waals surface area contributed by atoms with E-state index < -0.39 is 5.60 Å². The van der Waals surface area contributed by atoms with E-state index in [2.05, 4.69) is 15.9 Å². The monoisotopic (exact) mass is 344 g/mol. The van der Waals surface area contributed by atoms with Crippen LogP contribution < -0.4 is 0 Å². The van der Waals surface area contributed by atoms with Crippen molar-refractivity contribution in [1.82, 2.24) is 0 Å². The lowest BCUT2D eigenvalue weighted by molar-refractivity contribution is -0.0712. The molecule has 0 amide bonds. The third-order valence-corrected chi connectivity index (χ3v) is 4.90. The van der Waals surface area contributed by atoms with Gasteiger partial charge < -0.3 is 4.74 Å². The molecule has 1 fully saturated rings. The molecule has 1 heterocycles. The summed E-state index contributed by atoms with van der Waals surface area (Å²) in [5.41, 5.74) is -0.176. The van der Waals surface area contributed by atoms with E-state index >= 15 is 0 Å². The maximum atomic E-state index is 12.7. The van der Waals surface area contributed by atoms with E-state index in [-0.39, 0.29) is 17.3 Å². The molecular weight excluding hydrogens is 328 g/mol. The Morgan fingerprint density at radius 2 is 2.00 bits per heavy atom. The van der Waals surface area contributed by atoms with E-state index in [0.29, 0.717) is 17.0 Å². The van der Waals surface area contributed by atoms with Crippen molar-refractivity contribution in [2.45, 2.75) is 45.3 Å². The highest BCUT2D eigenvalue weighted by Crippen LogP contribution is 2.44. The molecule has 1 aromatic carbocycles. The van der Waals surface area contributed by atoms with Crippen LogP contribution in [-0.2, 0) is 4.74 Å². The number of benzene rings is 1. The second-order valence-corrected chi connectivity index (χ2v) is 7.42. The average Bonchev–Trinajstić information content (AvgIpc) is 2.50. The highest BCUT2D eigenvalue weighted by atomic mass is 79.9. The van der Waals surface area contributed by atoms with Crippen LogP contribution in [0.4, 0.5) is 0 Å². The minimum Gasteiger partial charge on any atom is -0.369 e. The Hall–Kier alpha value is -0.380. The molecule has 0 N–H and O–H groups in total. The Labute approximate surface area is 127 Å². The first-order chi connectivity index (χ1) is 8.64. The van der Waals surface area contributed by atoms with Gasteiger partial charge in [-0.15, -0.1) is 0 Å². The number of carbonyl (C=O) groups excluding carboxylic acids is 1. The molecular formula is C15H18BrClO2. The molecule has 0 spiro atoms. The smallest absolute Gasteiger partial charge is 0.170 e. The number of hydrogen-bond donors (Lipinski definition) is 0. The summed E-state index contributed by atoms with van der Waals surface area (Å²) in [6.07, 6.45) is 0.710. The van der Waals surface area contributed by atoms with Gasteiger partial charge in [0.1, 0.15) is 0 Å². The number of ether oxygens (including phenoxy) is 1. The first kappa shape index (κ1) is 15.0. The minimum atomic E-state index is -0.466. The molecule has 1 saturated heterocycles. The van der Waals surface area contributed by atoms with E-state index in [1.54, 1.807) is 6.07 Å². The first-order valence-electron chi connectivity index (χ1n) is 6.32. The number of rotatable bonds is 2. The van der Waals surface area contributed by atoms with E-state index in [4.69, 9.17) is 16.3 Å². The van der Waals surface area contributed by atoms with Gasteiger partial charge >= 0.3 is 0 Å². The molecule has 1 unspecified atom stereocenters. The van der Waals surface area contributed by atoms with E-state index in [9.17, 15) is 4.79 Å². The Balaban J connectivity index is 2.37. The Bertz CT molecular complexity index is 523. The zero-order chi connectivity index (χ0) is 14.4. The zero-order valence-corrected chi connectivity index (χ0v) is 13.9. The summed E-state index contributed by atoms with van der Waals surface area (Å²) in [6, 6.07) is 5.44. The van der Waals surface area contributed by atoms with Crippen LogP contribution >= 0.6 is 27.5 Å². The molecule has 1 aliphatic heterocycles. The zero-order valence-electron chi connectivity index (χ0n) is 11.6. The molecule has 104 valence electrons. The van der Waals surface area contributed by atoms with Crippen molar-refractivity contribution in [2.75, 3.05) is 0 Å². The normalized spacial score (nSPS) is 24.4. The molecule has 0 aromatic heterocycles. The number of ketones is 1. The predicted octanol–water partition coefficient (Wildman–Crippen LogP) is 4.88. The first-order valence-corrected chi connectivity index (χ1v) is 7.49. The average molecular weight is 346 g/mol. The Morgan fingerprint density at radius 1 is 1.37 bits per heavy atom. The lowest BCUT2D eigenvalue weighted by Crippen LogP contribution is -2.34. The van der Waals surface area contributed by atoms with Crippen molar-refractivity contribution in [2.24, 2.45) is 5.92 Å². The van der Waals surface area contributed by atoms with E-state index in [1.807, 2.05) is 39.8 Å². The predicted molar refractivity (Wildman–Crippen MR) is 80.8 cm³/mol. The summed E-state index contributed by atoms with van der Waals surface area (Å²) < 4.78 is 6.73. The Kier molecular flexibility index (Phi) is 3.85. The quantitative estimate of drug-likeness (QED) is 0.714. The summed E-state index contributed by atoms with van der Waals surface area (Å²) >= 11 is 9.58. The van der Waals surface area contributed by atoms with Gasteiger partial charge in [0, 0.05) is 10.0 Å². The topological polar surface area (TPSA) is 26.3 Å². The van der Waals surface area contributed by atoms with Crippen LogP contribution in [0, 0.1) is 5.92 Å². The second-order valence-electron chi connectivity index (χ2n) is 6.19. The van der Waals surface area contributed by atoms with Crippen LogP contribution in [0.5, 0.6) is 0 Å². The van der Waals surface area contributed by atoms with Crippen LogP contribution in [0.15, 0.2) is 22.7 Å². The van der Waals surface area contributed by atoms with E-state index in [1.165, 1.54) is 0 Å². The van der Waals surface area contributed by atoms with Gasteiger partial charge in [-0.2, -0.15) is 0 Å². The molecule has 2 rings (SSSR count). The number of hydrogen-bond acceptors (Lipinski definition) is 2. The maximum absolute atomic E-state index is 12.7. The molecule has 0 bridgehead atoms. The van der Waals surface area contributed by atoms with Crippen LogP contribution in [0.2, 0.25) is 5.02 Å². The van der Waals surface area contributed by atoms with Crippen molar-refractivity contribution >= 4 is 33.3 Å². The number of halogens is 2. The molecule has 0 radical (unpaired) electrons. The molecule has 19 heavy (non-hydrogen) atoms. The summed E-state index contributed by atoms with van der Waals surface area (Å²) in [5.74, 6) is -0.115. The second kappa shape index (κ2) is 4.87. The van der Waals surface area contributed by atoms with Crippen LogP contribution in [-0.4, -0.2) is 17.0 Å². The highest BCUT2D eigenvalue weighted by Gasteiger charge is 2.49. The molecule has 1 aliphatic rings. The molecule has 2 nitrogen and oxygen atoms in total. The highest BCUT2D eigenvalue weighted by molar-refractivity contribution is 9.10. The summed E-state index contributed by atoms with van der Waals surface area (Å²) in [5, 5.41) is 0.480. The fraction of sp³-hybridized carbons (Fsp3) is 0.533. The van der Waals surface area contributed by atoms with Gasteiger partial charge in [-0.25, -0.2) is 0 Å². The van der Waals surface area contributed by atoms with Gasteiger partial charge in [-0.3, -0.25) is 4.79 Å². The van der Waals surface area contributed by atoms with Crippen LogP contribution in [0.25, 0.3) is 0 Å². The molecule has 0 aliphatic carbocycles. The maximum Gasteiger partial charge on any atom is 0.170 e. The fourth-order valence-corrected chi connectivity index (χ4v) is 3.44. The standard InChI is InChI=1S/C15H18BrClO2/c1-14(2)8-10(15(3,4)19-14)13(18)9-6-5-7-11(16)12(9)17/h5-7,10H,8H2,1-4H3. The molecule has 0 saturated carbocycles. The Morgan fingerprint density at radius 3 is 2.53 bits per heavy atom. The van der Waals surface area contributed by atoms with Gasteiger partial charge in [0.15, 0.2) is 5.78 Å². The van der Waals surface area contributed by atoms with Crippen molar-refractivity contribution in [3.05, 3.63) is 33.3 Å². The van der Waals surface area contributed by atoms with Gasteiger partial charge in [0.25, 0.3) is 0 Å². The van der Waals surface area contributed by atoms with Crippen molar-refractivity contribution in [1.29, 1.82) is 0 Å². The molecule has 4 heteroatoms. The van der Waals surface area contributed by atoms with Gasteiger partial charge in [0.05, 0.1) is 22.1 Å². The van der Waals surface area contributed by atoms with Crippen LogP contribution in [0.3, 0.4) is 0 Å². The molecule has 1 aromatic rings. The SMILES string of the molecule is CC1(C)CC(C(=O)c2cccc(Br)c2Cl)C(C)(C)O1. The summed E-state index contributed by atoms with van der Waals surface area (Å²) in [6.45, 7) is 7.97. The number of Topliss-reactive ketones (excluding diaryl/α,β-unsaturated/α-hetero) is 1. The van der Waals surface area contributed by atoms with Crippen LogP contribution in [0.1, 0.15) is 44.5 Å². The lowest BCUT2D eigenvalue weighted by Gasteiger charge is -2.26. The molecule has 1 atom stereocenters. The van der Waals surface area contributed by atoms with Gasteiger partial charge in [-0.05, 0) is 62.2 Å². The number of carbonyl (C=O) groups is 1. The summed E-state index contributed by atoms with van der Waals surface area (Å²) in [7, 11) is 0. The third kappa shape index (κ3) is 2.88. The van der Waals surface area contributed by atoms with Crippen molar-refractivity contribution in [3.8, 4) is 0 Å². The largest absolute Gasteiger partial charge is 0.369 e. The van der Waals surface area contributed by atoms with Gasteiger partial charge in [-0.1, -0.05) is 17.7 Å². The van der Waals surface area contributed by atoms with Crippen molar-refractivity contribution in [3.63, 3.8) is 0 Å². The fourth-order valence-electron chi connectivity index (χ4n) is 2.85. The van der Waals surface area contributed by atoms with Gasteiger partial charge in [0.2, 0.25) is 0 Å². The van der Waals surface area contributed by atoms with E-state index in [0.717, 1.165) is 4.47 Å². The lowest BCUT2D eigenvalue weighted by atomic mass is 9.81. The third-order valence-electron chi connectivity index (χ3n) is 3.61. The van der Waals surface area contributed by atoms with Crippen molar-refractivity contribution < 1.29 is 9.53 Å². The summed E-state index contributed by atoms with van der Waals surface area (Å²) in [4.78, 5) is 12.7.